The summed E-state index contributed by atoms with van der Waals surface area (Å²) in [5.74, 6) is 0.0117. The van der Waals surface area contributed by atoms with Crippen molar-refractivity contribution < 1.29 is 17.9 Å². The summed E-state index contributed by atoms with van der Waals surface area (Å²) in [6, 6.07) is 9.01. The third-order valence-electron chi connectivity index (χ3n) is 5.30. The maximum absolute atomic E-state index is 12.9. The molecule has 2 unspecified atom stereocenters. The average molecular weight is 338 g/mol. The Labute approximate surface area is 140 Å². The lowest BCUT2D eigenvalue weighted by molar-refractivity contribution is -0.251. The molecular weight excluding hydrogens is 317 g/mol. The minimum atomic E-state index is -4.36. The third kappa shape index (κ3) is 3.15. The predicted molar refractivity (Wildman–Crippen MR) is 83.2 cm³/mol. The molecule has 3 rings (SSSR count). The van der Waals surface area contributed by atoms with Gasteiger partial charge in [-0.15, -0.1) is 0 Å². The molecule has 1 saturated heterocycles. The summed E-state index contributed by atoms with van der Waals surface area (Å²) < 4.78 is 44.4. The van der Waals surface area contributed by atoms with E-state index in [9.17, 15) is 13.2 Å². The van der Waals surface area contributed by atoms with E-state index in [1.54, 1.807) is 18.2 Å². The number of rotatable bonds is 3. The quantitative estimate of drug-likeness (QED) is 0.843. The van der Waals surface area contributed by atoms with E-state index in [0.29, 0.717) is 24.2 Å². The summed E-state index contributed by atoms with van der Waals surface area (Å²) in [7, 11) is 2.00. The summed E-state index contributed by atoms with van der Waals surface area (Å²) in [5.41, 5.74) is 0.223. The Morgan fingerprint density at radius 2 is 1.96 bits per heavy atom. The number of likely N-dealkylation sites (tertiary alicyclic amines) is 1. The van der Waals surface area contributed by atoms with Crippen LogP contribution in [0.3, 0.4) is 0 Å². The summed E-state index contributed by atoms with van der Waals surface area (Å²) in [4.78, 5) is 2.18. The summed E-state index contributed by atoms with van der Waals surface area (Å²) in [6.07, 6.45) is -1.67. The molecule has 1 aromatic rings. The lowest BCUT2D eigenvalue weighted by Crippen LogP contribution is -2.59. The number of hydrogen-bond acceptors (Lipinski definition) is 3. The van der Waals surface area contributed by atoms with Crippen molar-refractivity contribution in [1.29, 1.82) is 5.26 Å². The number of benzene rings is 1. The fourth-order valence-corrected chi connectivity index (χ4v) is 4.48. The van der Waals surface area contributed by atoms with E-state index < -0.39 is 18.4 Å². The van der Waals surface area contributed by atoms with E-state index in [2.05, 4.69) is 11.0 Å². The van der Waals surface area contributed by atoms with Gasteiger partial charge in [0.25, 0.3) is 0 Å². The van der Waals surface area contributed by atoms with E-state index in [0.717, 1.165) is 19.3 Å². The van der Waals surface area contributed by atoms with Gasteiger partial charge in [0.15, 0.2) is 0 Å². The first-order chi connectivity index (χ1) is 11.3. The Hall–Kier alpha value is -1.58. The third-order valence-corrected chi connectivity index (χ3v) is 5.30. The van der Waals surface area contributed by atoms with Crippen molar-refractivity contribution in [2.45, 2.75) is 31.0 Å². The smallest absolute Gasteiger partial charge is 0.360 e. The van der Waals surface area contributed by atoms with Crippen molar-refractivity contribution in [3.8, 4) is 6.07 Å². The van der Waals surface area contributed by atoms with Crippen LogP contribution in [-0.4, -0.2) is 37.8 Å². The molecule has 0 N–H and O–H groups in total. The van der Waals surface area contributed by atoms with E-state index in [1.807, 2.05) is 13.1 Å². The highest BCUT2D eigenvalue weighted by atomic mass is 19.4. The molecule has 1 saturated carbocycles. The van der Waals surface area contributed by atoms with Gasteiger partial charge in [0.1, 0.15) is 12.2 Å². The normalized spacial score (nSPS) is 30.8. The number of piperidine rings is 1. The molecule has 0 aromatic heterocycles. The molecule has 6 heteroatoms. The monoisotopic (exact) mass is 338 g/mol. The van der Waals surface area contributed by atoms with Crippen LogP contribution in [0, 0.1) is 23.2 Å². The molecule has 1 aromatic carbocycles. The Morgan fingerprint density at radius 3 is 2.54 bits per heavy atom. The second-order valence-corrected chi connectivity index (χ2v) is 6.94. The highest BCUT2D eigenvalue weighted by molar-refractivity contribution is 5.37. The van der Waals surface area contributed by atoms with E-state index in [1.165, 1.54) is 0 Å². The minimum absolute atomic E-state index is 0.00583. The largest absolute Gasteiger partial charge is 0.411 e. The molecule has 2 aliphatic rings. The molecule has 2 bridgehead atoms. The number of halogens is 3. The molecule has 0 radical (unpaired) electrons. The van der Waals surface area contributed by atoms with Gasteiger partial charge in [-0.05, 0) is 37.6 Å². The lowest BCUT2D eigenvalue weighted by Gasteiger charge is -2.55. The van der Waals surface area contributed by atoms with E-state index >= 15 is 0 Å². The van der Waals surface area contributed by atoms with E-state index in [-0.39, 0.29) is 11.8 Å². The second-order valence-electron chi connectivity index (χ2n) is 6.94. The van der Waals surface area contributed by atoms with Crippen molar-refractivity contribution in [2.24, 2.45) is 11.8 Å². The van der Waals surface area contributed by atoms with Crippen molar-refractivity contribution in [3.05, 3.63) is 35.4 Å². The molecule has 1 aliphatic carbocycles. The zero-order valence-electron chi connectivity index (χ0n) is 13.6. The van der Waals surface area contributed by atoms with Crippen molar-refractivity contribution >= 4 is 0 Å². The summed E-state index contributed by atoms with van der Waals surface area (Å²) >= 11 is 0. The maximum Gasteiger partial charge on any atom is 0.411 e. The first-order valence-corrected chi connectivity index (χ1v) is 8.25. The molecule has 1 heterocycles. The second kappa shape index (κ2) is 6.38. The first-order valence-electron chi connectivity index (χ1n) is 8.25. The number of fused-ring (bicyclic) bond motifs is 2. The lowest BCUT2D eigenvalue weighted by atomic mass is 9.62. The van der Waals surface area contributed by atoms with Gasteiger partial charge in [-0.25, -0.2) is 0 Å². The SMILES string of the molecule is CN1CC2CCCC(C1)C2(OCC(F)(F)F)c1cccc(C#N)c1. The number of nitriles is 1. The van der Waals surface area contributed by atoms with Crippen molar-refractivity contribution in [3.63, 3.8) is 0 Å². The molecule has 3 nitrogen and oxygen atoms in total. The Kier molecular flexibility index (Phi) is 4.58. The minimum Gasteiger partial charge on any atom is -0.360 e. The molecule has 1 aliphatic heterocycles. The molecule has 130 valence electrons. The first kappa shape index (κ1) is 17.2. The number of hydrogen-bond donors (Lipinski definition) is 0. The number of alkyl halides is 3. The van der Waals surface area contributed by atoms with Crippen LogP contribution in [0.1, 0.15) is 30.4 Å². The van der Waals surface area contributed by atoms with Crippen LogP contribution >= 0.6 is 0 Å². The molecule has 0 amide bonds. The van der Waals surface area contributed by atoms with Crippen LogP contribution < -0.4 is 0 Å². The highest BCUT2D eigenvalue weighted by Crippen LogP contribution is 2.52. The van der Waals surface area contributed by atoms with Crippen LogP contribution in [0.25, 0.3) is 0 Å². The van der Waals surface area contributed by atoms with Gasteiger partial charge < -0.3 is 9.64 Å². The zero-order chi connectivity index (χ0) is 17.4. The van der Waals surface area contributed by atoms with Crippen molar-refractivity contribution in [2.75, 3.05) is 26.7 Å². The van der Waals surface area contributed by atoms with Gasteiger partial charge in [-0.3, -0.25) is 0 Å². The Balaban J connectivity index is 2.05. The number of ether oxygens (including phenoxy) is 1. The summed E-state index contributed by atoms with van der Waals surface area (Å²) in [6.45, 7) is 0.177. The maximum atomic E-state index is 12.9. The predicted octanol–water partition coefficient (Wildman–Crippen LogP) is 3.69. The van der Waals surface area contributed by atoms with Crippen LogP contribution in [0.4, 0.5) is 13.2 Å². The van der Waals surface area contributed by atoms with Crippen LogP contribution in [0.2, 0.25) is 0 Å². The molecule has 24 heavy (non-hydrogen) atoms. The Morgan fingerprint density at radius 1 is 1.29 bits per heavy atom. The fourth-order valence-electron chi connectivity index (χ4n) is 4.48. The van der Waals surface area contributed by atoms with Crippen LogP contribution in [0.15, 0.2) is 24.3 Å². The highest BCUT2D eigenvalue weighted by Gasteiger charge is 2.54. The van der Waals surface area contributed by atoms with Crippen LogP contribution in [0.5, 0.6) is 0 Å². The van der Waals surface area contributed by atoms with Crippen LogP contribution in [-0.2, 0) is 10.3 Å². The Bertz CT molecular complexity index is 624. The fraction of sp³-hybridized carbons (Fsp3) is 0.611. The average Bonchev–Trinajstić information content (AvgIpc) is 2.52. The number of nitrogens with zero attached hydrogens (tertiary/aromatic N) is 2. The van der Waals surface area contributed by atoms with Gasteiger partial charge in [-0.1, -0.05) is 18.6 Å². The zero-order valence-corrected chi connectivity index (χ0v) is 13.6. The summed E-state index contributed by atoms with van der Waals surface area (Å²) in [5, 5.41) is 9.17. The van der Waals surface area contributed by atoms with Gasteiger partial charge in [-0.2, -0.15) is 18.4 Å². The topological polar surface area (TPSA) is 36.3 Å². The standard InChI is InChI=1S/C18H21F3N2O/c1-23-10-15-6-3-7-16(11-23)18(15,24-12-17(19,20)21)14-5-2-4-13(8-14)9-22/h2,4-5,8,15-16H,3,6-7,10-12H2,1H3. The molecule has 0 spiro atoms. The van der Waals surface area contributed by atoms with E-state index in [4.69, 9.17) is 10.00 Å². The molecular formula is C18H21F3N2O. The molecule has 2 atom stereocenters. The van der Waals surface area contributed by atoms with Gasteiger partial charge in [0, 0.05) is 24.9 Å². The van der Waals surface area contributed by atoms with Gasteiger partial charge in [0.05, 0.1) is 11.6 Å². The molecule has 2 fully saturated rings. The van der Waals surface area contributed by atoms with Crippen molar-refractivity contribution in [1.82, 2.24) is 4.90 Å². The van der Waals surface area contributed by atoms with Gasteiger partial charge >= 0.3 is 6.18 Å². The van der Waals surface area contributed by atoms with Gasteiger partial charge in [0.2, 0.25) is 0 Å².